The van der Waals surface area contributed by atoms with Crippen LogP contribution in [0.1, 0.15) is 487 Å². The number of aromatic hydroxyl groups is 9. The Hall–Kier alpha value is -8.35. The zero-order valence-corrected chi connectivity index (χ0v) is 87.5. The summed E-state index contributed by atoms with van der Waals surface area (Å²) in [5, 5.41) is 137. The Labute approximate surface area is 849 Å². The molecule has 5 aliphatic carbocycles. The molecule has 0 atom stereocenters. The van der Waals surface area contributed by atoms with Crippen molar-refractivity contribution in [1.82, 2.24) is 0 Å². The average molecular weight is 1960 g/mol. The van der Waals surface area contributed by atoms with E-state index in [0.29, 0.717) is 84.5 Å². The molecule has 5 aliphatic rings. The maximum atomic E-state index is 11.4. The highest BCUT2D eigenvalue weighted by atomic mass is 16.4. The van der Waals surface area contributed by atoms with Gasteiger partial charge in [-0.3, -0.25) is 24.0 Å². The number of phenolic OH excluding ortho intramolecular Hbond substituents is 9. The van der Waals surface area contributed by atoms with Gasteiger partial charge < -0.3 is 71.5 Å². The lowest BCUT2D eigenvalue weighted by molar-refractivity contribution is -0.144. The van der Waals surface area contributed by atoms with Crippen LogP contribution in [-0.2, 0) is 88.2 Å². The molecule has 800 valence electrons. The highest BCUT2D eigenvalue weighted by Crippen LogP contribution is 2.55. The zero-order valence-electron chi connectivity index (χ0n) is 87.5. The SMILES string of the molecule is C.C.C.C.C.CC(C)(C)CCCCc1c(CCCCC2(C(=O)O)CC2)cc(O)c(O)c1O.CC(C)(C)CCCCc1c(O)cc(O)c(O)c1CCCCC1(C(=O)O)CC1.CC(C)(C)CCCCc1cc(O)c(O)c(O)c1CCCCC1(C(=O)O)CC1.Cc1cc(CCCCC(C)(C)C)c(CCCCC2(C(=O)O)CC2)c(C)c1C.Cc1cc(CCCCC2(C(=O)O)CC2)c(CCCCC(C)(C)C)c(C)c1C. The fourth-order valence-corrected chi connectivity index (χ4v) is 19.6. The number of aliphatic carboxylic acids is 5. The number of hydrogen-bond acceptors (Lipinski definition) is 14. The van der Waals surface area contributed by atoms with Crippen LogP contribution >= 0.6 is 0 Å². The molecule has 0 aromatic heterocycles. The Kier molecular flexibility index (Phi) is 52.6. The Morgan fingerprint density at radius 2 is 0.414 bits per heavy atom. The Balaban J connectivity index is 0.000000867. The van der Waals surface area contributed by atoms with E-state index in [4.69, 9.17) is 0 Å². The molecule has 0 saturated heterocycles. The van der Waals surface area contributed by atoms with Crippen LogP contribution in [0.15, 0.2) is 30.3 Å². The standard InChI is InChI=1S/2C25H40O2.3C22H34O5.5CH4/c1-18-17-21(11-7-10-14-25(15-16-25)23(26)27)22(20(3)19(18)2)12-8-9-13-24(4,5)6;1-18-17-21(11-7-9-13-24(4,5)6)22(20(3)19(18)2)12-8-10-14-25(15-16-25)23(26)27;1-21(2,3)10-6-5-9-16-15(14-17(23)19(25)18(16)24)8-4-7-11-22(12-13-22)20(26)27;1-21(2,3)10-6-4-8-15-16(19(25)18(24)14-17(15)23)9-5-7-11-22(12-13-22)20(26)27;1-21(2,3)10-6-4-8-15-14-17(23)19(25)18(24)16(15)9-5-7-11-22(12-13-22)20(26)27;;;;;/h2*17H,7-16H2,1-6H3,(H,26,27);3*14,23-25H,4-13H2,1-3H3,(H,26,27);5*1H4. The monoisotopic (exact) mass is 1960 g/mol. The molecule has 0 radical (unpaired) electrons. The molecule has 19 nitrogen and oxygen atoms in total. The average Bonchev–Trinajstić information content (AvgIpc) is 1.66. The van der Waals surface area contributed by atoms with E-state index in [-0.39, 0.29) is 104 Å². The number of hydrogen-bond donors (Lipinski definition) is 14. The van der Waals surface area contributed by atoms with E-state index < -0.39 is 57.6 Å². The Bertz CT molecular complexity index is 4430. The minimum absolute atomic E-state index is 0. The second-order valence-electron chi connectivity index (χ2n) is 48.1. The van der Waals surface area contributed by atoms with Gasteiger partial charge in [0.1, 0.15) is 5.75 Å². The lowest BCUT2D eigenvalue weighted by atomic mass is 9.86. The lowest BCUT2D eigenvalue weighted by Gasteiger charge is -2.20. The molecule has 0 spiro atoms. The molecule has 0 unspecified atom stereocenters. The van der Waals surface area contributed by atoms with E-state index in [0.717, 1.165) is 229 Å². The highest BCUT2D eigenvalue weighted by molar-refractivity contribution is 5.79. The molecular weight excluding hydrogens is 1760 g/mol. The third-order valence-electron chi connectivity index (χ3n) is 30.4. The fourth-order valence-electron chi connectivity index (χ4n) is 19.6. The molecule has 140 heavy (non-hydrogen) atoms. The van der Waals surface area contributed by atoms with Gasteiger partial charge in [0.15, 0.2) is 34.5 Å². The van der Waals surface area contributed by atoms with E-state index in [1.807, 2.05) is 0 Å². The highest BCUT2D eigenvalue weighted by Gasteiger charge is 2.52. The molecule has 10 rings (SSSR count). The molecule has 19 heteroatoms. The van der Waals surface area contributed by atoms with Crippen LogP contribution in [0.2, 0.25) is 0 Å². The van der Waals surface area contributed by atoms with E-state index in [9.17, 15) is 95.5 Å². The van der Waals surface area contributed by atoms with Crippen molar-refractivity contribution in [1.29, 1.82) is 0 Å². The van der Waals surface area contributed by atoms with Crippen molar-refractivity contribution in [3.63, 3.8) is 0 Å². The molecule has 5 saturated carbocycles. The third kappa shape index (κ3) is 41.8. The number of carboxylic acids is 5. The van der Waals surface area contributed by atoms with Crippen molar-refractivity contribution in [3.05, 3.63) is 119 Å². The molecule has 0 heterocycles. The first-order chi connectivity index (χ1) is 62.8. The number of carbonyl (C=O) groups is 5. The van der Waals surface area contributed by atoms with Crippen molar-refractivity contribution < 1.29 is 95.5 Å². The van der Waals surface area contributed by atoms with Gasteiger partial charge in [0.2, 0.25) is 11.5 Å². The number of carboxylic acid groups (broad SMARTS) is 5. The van der Waals surface area contributed by atoms with Crippen molar-refractivity contribution in [2.75, 3.05) is 0 Å². The van der Waals surface area contributed by atoms with Crippen LogP contribution in [-0.4, -0.2) is 101 Å². The van der Waals surface area contributed by atoms with E-state index in [2.05, 4.69) is 158 Å². The predicted octanol–water partition coefficient (Wildman–Crippen LogP) is 32.5. The number of aryl methyl sites for hydroxylation is 6. The van der Waals surface area contributed by atoms with E-state index in [1.165, 1.54) is 114 Å². The first-order valence-electron chi connectivity index (χ1n) is 51.9. The summed E-state index contributed by atoms with van der Waals surface area (Å²) < 4.78 is 0. The first-order valence-corrected chi connectivity index (χ1v) is 51.9. The quantitative estimate of drug-likeness (QED) is 0.00977. The third-order valence-corrected chi connectivity index (χ3v) is 30.4. The summed E-state index contributed by atoms with van der Waals surface area (Å²) in [7, 11) is 0. The normalized spacial score (nSPS) is 15.2. The van der Waals surface area contributed by atoms with Crippen LogP contribution in [0.5, 0.6) is 51.7 Å². The number of unbranched alkanes of at least 4 members (excludes halogenated alkanes) is 10. The van der Waals surface area contributed by atoms with Gasteiger partial charge in [0.05, 0.1) is 27.1 Å². The van der Waals surface area contributed by atoms with E-state index >= 15 is 0 Å². The second-order valence-corrected chi connectivity index (χ2v) is 48.1. The van der Waals surface area contributed by atoms with Gasteiger partial charge in [0.25, 0.3) is 0 Å². The summed E-state index contributed by atoms with van der Waals surface area (Å²) in [6, 6.07) is 9.11. The Morgan fingerprint density at radius 3 is 0.643 bits per heavy atom. The van der Waals surface area contributed by atoms with Crippen LogP contribution < -0.4 is 0 Å². The van der Waals surface area contributed by atoms with Gasteiger partial charge in [-0.1, -0.05) is 217 Å². The minimum atomic E-state index is -0.708. The molecule has 5 aromatic carbocycles. The van der Waals surface area contributed by atoms with Crippen molar-refractivity contribution in [2.45, 2.75) is 504 Å². The van der Waals surface area contributed by atoms with Gasteiger partial charge >= 0.3 is 29.8 Å². The summed E-state index contributed by atoms with van der Waals surface area (Å²) >= 11 is 0. The van der Waals surface area contributed by atoms with Crippen LogP contribution in [0, 0.1) is 95.7 Å². The van der Waals surface area contributed by atoms with Gasteiger partial charge in [-0.2, -0.15) is 0 Å². The van der Waals surface area contributed by atoms with Crippen molar-refractivity contribution in [2.24, 2.45) is 54.1 Å². The summed E-state index contributed by atoms with van der Waals surface area (Å²) in [5.74, 6) is -5.65. The van der Waals surface area contributed by atoms with Crippen molar-refractivity contribution >= 4 is 29.8 Å². The minimum Gasteiger partial charge on any atom is -0.508 e. The second kappa shape index (κ2) is 56.8. The predicted molar refractivity (Wildman–Crippen MR) is 579 cm³/mol. The lowest BCUT2D eigenvalue weighted by Crippen LogP contribution is -2.14. The molecular formula is C121H202O19. The Morgan fingerprint density at radius 1 is 0.221 bits per heavy atom. The van der Waals surface area contributed by atoms with Gasteiger partial charge in [-0.15, -0.1) is 0 Å². The molecule has 0 amide bonds. The van der Waals surface area contributed by atoms with Crippen LogP contribution in [0.4, 0.5) is 0 Å². The fraction of sp³-hybridized carbons (Fsp3) is 0.711. The first kappa shape index (κ1) is 130. The molecule has 5 fully saturated rings. The topological polar surface area (TPSA) is 369 Å². The maximum absolute atomic E-state index is 11.4. The maximum Gasteiger partial charge on any atom is 0.309 e. The molecule has 0 aliphatic heterocycles. The number of benzene rings is 5. The molecule has 14 N–H and O–H groups in total. The van der Waals surface area contributed by atoms with Crippen LogP contribution in [0.25, 0.3) is 0 Å². The molecule has 0 bridgehead atoms. The van der Waals surface area contributed by atoms with Gasteiger partial charge in [0, 0.05) is 28.3 Å². The largest absolute Gasteiger partial charge is 0.508 e. The summed E-state index contributed by atoms with van der Waals surface area (Å²) in [6.07, 6.45) is 45.8. The smallest absolute Gasteiger partial charge is 0.309 e. The summed E-state index contributed by atoms with van der Waals surface area (Å²) in [6.45, 7) is 47.3. The van der Waals surface area contributed by atoms with Crippen molar-refractivity contribution in [3.8, 4) is 51.7 Å². The summed E-state index contributed by atoms with van der Waals surface area (Å²) in [4.78, 5) is 56.5. The number of phenols is 9. The van der Waals surface area contributed by atoms with Crippen LogP contribution in [0.3, 0.4) is 0 Å². The number of rotatable bonds is 50. The molecule has 5 aromatic rings. The van der Waals surface area contributed by atoms with Gasteiger partial charge in [-0.25, -0.2) is 0 Å². The van der Waals surface area contributed by atoms with E-state index in [1.54, 1.807) is 11.6 Å². The van der Waals surface area contributed by atoms with Gasteiger partial charge in [-0.05, 0) is 404 Å². The summed E-state index contributed by atoms with van der Waals surface area (Å²) in [5.41, 5.74) is 18.5. The zero-order chi connectivity index (χ0) is 101.